The molecule has 0 saturated carbocycles. The highest BCUT2D eigenvalue weighted by Gasteiger charge is 2.20. The number of nitrogens with zero attached hydrogens (tertiary/aromatic N) is 3. The van der Waals surface area contributed by atoms with E-state index in [1.807, 2.05) is 61.5 Å². The van der Waals surface area contributed by atoms with Crippen LogP contribution in [0.3, 0.4) is 0 Å². The maximum Gasteiger partial charge on any atom is 0.147 e. The van der Waals surface area contributed by atoms with E-state index in [1.54, 1.807) is 18.6 Å². The molecular weight excluding hydrogens is 324 g/mol. The summed E-state index contributed by atoms with van der Waals surface area (Å²) in [6.45, 7) is 1.91. The second-order valence-electron chi connectivity index (χ2n) is 6.11. The first kappa shape index (κ1) is 16.0. The number of aromatic nitrogens is 3. The highest BCUT2D eigenvalue weighted by Crippen LogP contribution is 2.36. The maximum absolute atomic E-state index is 10.9. The summed E-state index contributed by atoms with van der Waals surface area (Å²) in [6, 6.07) is 17.0. The van der Waals surface area contributed by atoms with Crippen molar-refractivity contribution in [2.75, 3.05) is 5.32 Å². The zero-order valence-corrected chi connectivity index (χ0v) is 14.3. The van der Waals surface area contributed by atoms with Gasteiger partial charge in [-0.2, -0.15) is 0 Å². The molecule has 3 aromatic heterocycles. The van der Waals surface area contributed by atoms with Gasteiger partial charge in [-0.15, -0.1) is 0 Å². The molecule has 4 rings (SSSR count). The highest BCUT2D eigenvalue weighted by molar-refractivity contribution is 5.86. The number of fused-ring (bicyclic) bond motifs is 1. The molecule has 5 nitrogen and oxygen atoms in total. The van der Waals surface area contributed by atoms with Gasteiger partial charge in [-0.1, -0.05) is 30.3 Å². The number of phenolic OH excluding ortho intramolecular Hbond substituents is 1. The minimum Gasteiger partial charge on any atom is -0.505 e. The van der Waals surface area contributed by atoms with Gasteiger partial charge in [-0.25, -0.2) is 9.97 Å². The number of benzene rings is 1. The third-order valence-corrected chi connectivity index (χ3v) is 4.29. The van der Waals surface area contributed by atoms with Crippen molar-refractivity contribution >= 4 is 16.7 Å². The Bertz CT molecular complexity index is 1040. The number of anilines is 1. The van der Waals surface area contributed by atoms with Crippen molar-refractivity contribution in [1.82, 2.24) is 15.0 Å². The van der Waals surface area contributed by atoms with Crippen molar-refractivity contribution < 1.29 is 5.11 Å². The standard InChI is InChI=1S/C21H18N4O/c1-14-7-8-15-9-10-17(21(26)20(15)24-14)19(16-5-4-11-22-13-16)25-18-6-2-3-12-23-18/h2-13,19,26H,1H3,(H,23,25)/t19-/m0/s1. The van der Waals surface area contributed by atoms with Crippen LogP contribution in [0.5, 0.6) is 5.75 Å². The first-order valence-electron chi connectivity index (χ1n) is 8.39. The number of aryl methyl sites for hydroxylation is 1. The van der Waals surface area contributed by atoms with E-state index in [-0.39, 0.29) is 11.8 Å². The van der Waals surface area contributed by atoms with Gasteiger partial charge in [0, 0.05) is 35.2 Å². The van der Waals surface area contributed by atoms with Crippen molar-refractivity contribution in [2.24, 2.45) is 0 Å². The molecule has 1 aromatic carbocycles. The number of rotatable bonds is 4. The highest BCUT2D eigenvalue weighted by atomic mass is 16.3. The number of nitrogens with one attached hydrogen (secondary N) is 1. The Balaban J connectivity index is 1.86. The molecule has 0 aliphatic carbocycles. The first-order chi connectivity index (χ1) is 12.7. The average molecular weight is 342 g/mol. The van der Waals surface area contributed by atoms with Gasteiger partial charge in [0.15, 0.2) is 0 Å². The Kier molecular flexibility index (Phi) is 4.19. The van der Waals surface area contributed by atoms with Gasteiger partial charge in [0.05, 0.1) is 6.04 Å². The van der Waals surface area contributed by atoms with Gasteiger partial charge in [0.2, 0.25) is 0 Å². The van der Waals surface area contributed by atoms with E-state index in [1.165, 1.54) is 0 Å². The summed E-state index contributed by atoms with van der Waals surface area (Å²) in [7, 11) is 0. The molecule has 5 heteroatoms. The van der Waals surface area contributed by atoms with Crippen LogP contribution in [0.25, 0.3) is 10.9 Å². The van der Waals surface area contributed by atoms with Gasteiger partial charge in [0.25, 0.3) is 0 Å². The second-order valence-corrected chi connectivity index (χ2v) is 6.11. The lowest BCUT2D eigenvalue weighted by atomic mass is 9.97. The predicted molar refractivity (Wildman–Crippen MR) is 102 cm³/mol. The molecule has 0 unspecified atom stereocenters. The lowest BCUT2D eigenvalue weighted by Crippen LogP contribution is -2.14. The molecule has 0 aliphatic rings. The lowest BCUT2D eigenvalue weighted by molar-refractivity contribution is 0.471. The Labute approximate surface area is 151 Å². The van der Waals surface area contributed by atoms with Gasteiger partial charge < -0.3 is 10.4 Å². The zero-order chi connectivity index (χ0) is 17.9. The molecule has 2 N–H and O–H groups in total. The Morgan fingerprint density at radius 1 is 0.962 bits per heavy atom. The molecule has 0 aliphatic heterocycles. The van der Waals surface area contributed by atoms with Crippen LogP contribution in [0.1, 0.15) is 22.9 Å². The van der Waals surface area contributed by atoms with Crippen LogP contribution in [0.4, 0.5) is 5.82 Å². The minimum atomic E-state index is -0.301. The fourth-order valence-corrected chi connectivity index (χ4v) is 3.00. The van der Waals surface area contributed by atoms with Crippen LogP contribution in [-0.2, 0) is 0 Å². The number of hydrogen-bond acceptors (Lipinski definition) is 5. The lowest BCUT2D eigenvalue weighted by Gasteiger charge is -2.21. The van der Waals surface area contributed by atoms with E-state index in [4.69, 9.17) is 0 Å². The SMILES string of the molecule is Cc1ccc2ccc([C@@H](Nc3ccccn3)c3cccnc3)c(O)c2n1. The third-order valence-electron chi connectivity index (χ3n) is 4.29. The average Bonchev–Trinajstić information content (AvgIpc) is 2.69. The van der Waals surface area contributed by atoms with Crippen LogP contribution < -0.4 is 5.32 Å². The number of phenols is 1. The molecule has 3 heterocycles. The van der Waals surface area contributed by atoms with E-state index in [2.05, 4.69) is 20.3 Å². The van der Waals surface area contributed by atoms with Crippen LogP contribution >= 0.6 is 0 Å². The zero-order valence-electron chi connectivity index (χ0n) is 14.3. The van der Waals surface area contributed by atoms with Gasteiger partial charge >= 0.3 is 0 Å². The van der Waals surface area contributed by atoms with E-state index in [0.29, 0.717) is 5.52 Å². The van der Waals surface area contributed by atoms with E-state index < -0.39 is 0 Å². The van der Waals surface area contributed by atoms with E-state index in [0.717, 1.165) is 28.0 Å². The molecular formula is C21H18N4O. The number of pyridine rings is 3. The maximum atomic E-state index is 10.9. The molecule has 0 spiro atoms. The van der Waals surface area contributed by atoms with Crippen LogP contribution in [-0.4, -0.2) is 20.1 Å². The summed E-state index contributed by atoms with van der Waals surface area (Å²) >= 11 is 0. The van der Waals surface area contributed by atoms with Gasteiger partial charge in [0.1, 0.15) is 17.1 Å². The topological polar surface area (TPSA) is 70.9 Å². The molecule has 0 saturated heterocycles. The second kappa shape index (κ2) is 6.80. The molecule has 4 aromatic rings. The van der Waals surface area contributed by atoms with Crippen molar-refractivity contribution in [3.63, 3.8) is 0 Å². The number of hydrogen-bond donors (Lipinski definition) is 2. The summed E-state index contributed by atoms with van der Waals surface area (Å²) < 4.78 is 0. The molecule has 0 radical (unpaired) electrons. The first-order valence-corrected chi connectivity index (χ1v) is 8.39. The Hall–Kier alpha value is -3.47. The van der Waals surface area contributed by atoms with Crippen molar-refractivity contribution in [2.45, 2.75) is 13.0 Å². The van der Waals surface area contributed by atoms with Gasteiger partial charge in [-0.05, 0) is 36.8 Å². The van der Waals surface area contributed by atoms with Crippen molar-refractivity contribution in [3.05, 3.63) is 90.0 Å². The largest absolute Gasteiger partial charge is 0.505 e. The molecule has 0 amide bonds. The van der Waals surface area contributed by atoms with Gasteiger partial charge in [-0.3, -0.25) is 4.98 Å². The summed E-state index contributed by atoms with van der Waals surface area (Å²) in [5, 5.41) is 15.2. The smallest absolute Gasteiger partial charge is 0.147 e. The monoisotopic (exact) mass is 342 g/mol. The van der Waals surface area contributed by atoms with E-state index >= 15 is 0 Å². The normalized spacial score (nSPS) is 12.0. The van der Waals surface area contributed by atoms with Crippen LogP contribution in [0, 0.1) is 6.92 Å². The Morgan fingerprint density at radius 3 is 2.62 bits per heavy atom. The quantitative estimate of drug-likeness (QED) is 0.580. The minimum absolute atomic E-state index is 0.170. The fourth-order valence-electron chi connectivity index (χ4n) is 3.00. The van der Waals surface area contributed by atoms with Crippen molar-refractivity contribution in [3.8, 4) is 5.75 Å². The summed E-state index contributed by atoms with van der Waals surface area (Å²) in [5.41, 5.74) is 3.12. The third kappa shape index (κ3) is 3.07. The predicted octanol–water partition coefficient (Wildman–Crippen LogP) is 4.24. The molecule has 0 fully saturated rings. The molecule has 128 valence electrons. The molecule has 26 heavy (non-hydrogen) atoms. The number of aromatic hydroxyl groups is 1. The van der Waals surface area contributed by atoms with Crippen LogP contribution in [0.2, 0.25) is 0 Å². The van der Waals surface area contributed by atoms with Crippen molar-refractivity contribution in [1.29, 1.82) is 0 Å². The molecule has 1 atom stereocenters. The summed E-state index contributed by atoms with van der Waals surface area (Å²) in [6.07, 6.45) is 5.24. The van der Waals surface area contributed by atoms with Crippen LogP contribution in [0.15, 0.2) is 73.2 Å². The fraction of sp³-hybridized carbons (Fsp3) is 0.0952. The summed E-state index contributed by atoms with van der Waals surface area (Å²) in [5.74, 6) is 0.890. The van der Waals surface area contributed by atoms with E-state index in [9.17, 15) is 5.11 Å². The Morgan fingerprint density at radius 2 is 1.85 bits per heavy atom. The molecule has 0 bridgehead atoms. The summed E-state index contributed by atoms with van der Waals surface area (Å²) in [4.78, 5) is 13.1.